The number of nitrogens with zero attached hydrogens (tertiary/aromatic N) is 1. The standard InChI is InChI=1S/C23H22N2O/c26-23(25-18-21-14-8-3-9-15-21)22(16-19-10-4-1-5-11-19)24-17-20-12-6-2-7-13-20/h1-15,17,22H,16,18H2,(H,25,26). The van der Waals surface area contributed by atoms with Gasteiger partial charge in [-0.3, -0.25) is 9.79 Å². The first-order valence-corrected chi connectivity index (χ1v) is 8.75. The van der Waals surface area contributed by atoms with E-state index in [1.165, 1.54) is 0 Å². The Kier molecular flexibility index (Phi) is 6.32. The molecular formula is C23H22N2O. The van der Waals surface area contributed by atoms with Gasteiger partial charge in [0.2, 0.25) is 5.91 Å². The van der Waals surface area contributed by atoms with Crippen LogP contribution < -0.4 is 5.32 Å². The van der Waals surface area contributed by atoms with Crippen molar-refractivity contribution in [1.29, 1.82) is 0 Å². The molecule has 26 heavy (non-hydrogen) atoms. The van der Waals surface area contributed by atoms with Crippen molar-refractivity contribution in [2.24, 2.45) is 4.99 Å². The molecule has 1 N–H and O–H groups in total. The van der Waals surface area contributed by atoms with Gasteiger partial charge in [0, 0.05) is 19.2 Å². The largest absolute Gasteiger partial charge is 0.350 e. The quantitative estimate of drug-likeness (QED) is 0.647. The normalized spacial score (nSPS) is 12.0. The number of hydrogen-bond donors (Lipinski definition) is 1. The Balaban J connectivity index is 1.71. The lowest BCUT2D eigenvalue weighted by atomic mass is 10.1. The molecule has 3 nitrogen and oxygen atoms in total. The number of benzene rings is 3. The van der Waals surface area contributed by atoms with Crippen LogP contribution in [0.15, 0.2) is 96.0 Å². The lowest BCUT2D eigenvalue weighted by Gasteiger charge is -2.13. The molecule has 1 atom stereocenters. The monoisotopic (exact) mass is 342 g/mol. The van der Waals surface area contributed by atoms with Crippen LogP contribution in [0.4, 0.5) is 0 Å². The van der Waals surface area contributed by atoms with Crippen LogP contribution in [0.1, 0.15) is 16.7 Å². The fourth-order valence-corrected chi connectivity index (χ4v) is 2.67. The molecule has 1 unspecified atom stereocenters. The summed E-state index contributed by atoms with van der Waals surface area (Å²) in [6.45, 7) is 0.506. The fourth-order valence-electron chi connectivity index (χ4n) is 2.67. The summed E-state index contributed by atoms with van der Waals surface area (Å²) in [6.07, 6.45) is 2.35. The minimum absolute atomic E-state index is 0.0649. The zero-order valence-corrected chi connectivity index (χ0v) is 14.6. The number of hydrogen-bond acceptors (Lipinski definition) is 2. The van der Waals surface area contributed by atoms with Gasteiger partial charge in [0.15, 0.2) is 0 Å². The van der Waals surface area contributed by atoms with Crippen molar-refractivity contribution in [3.05, 3.63) is 108 Å². The van der Waals surface area contributed by atoms with Crippen molar-refractivity contribution in [2.75, 3.05) is 0 Å². The van der Waals surface area contributed by atoms with Crippen molar-refractivity contribution in [3.63, 3.8) is 0 Å². The zero-order chi connectivity index (χ0) is 18.0. The molecule has 130 valence electrons. The summed E-state index contributed by atoms with van der Waals surface area (Å²) in [6, 6.07) is 29.3. The summed E-state index contributed by atoms with van der Waals surface area (Å²) < 4.78 is 0. The Morgan fingerprint density at radius 1 is 0.808 bits per heavy atom. The highest BCUT2D eigenvalue weighted by Gasteiger charge is 2.17. The van der Waals surface area contributed by atoms with Gasteiger partial charge in [0.05, 0.1) is 0 Å². The second-order valence-corrected chi connectivity index (χ2v) is 6.10. The third-order valence-electron chi connectivity index (χ3n) is 4.09. The van der Waals surface area contributed by atoms with E-state index in [-0.39, 0.29) is 5.91 Å². The maximum Gasteiger partial charge on any atom is 0.245 e. The molecular weight excluding hydrogens is 320 g/mol. The van der Waals surface area contributed by atoms with Crippen LogP contribution in [0.3, 0.4) is 0 Å². The van der Waals surface area contributed by atoms with E-state index in [4.69, 9.17) is 0 Å². The number of amides is 1. The van der Waals surface area contributed by atoms with Crippen LogP contribution in [-0.2, 0) is 17.8 Å². The smallest absolute Gasteiger partial charge is 0.245 e. The van der Waals surface area contributed by atoms with Gasteiger partial charge in [-0.15, -0.1) is 0 Å². The van der Waals surface area contributed by atoms with Crippen LogP contribution in [-0.4, -0.2) is 18.2 Å². The molecule has 0 bridgehead atoms. The molecule has 0 spiro atoms. The lowest BCUT2D eigenvalue weighted by molar-refractivity contribution is -0.122. The highest BCUT2D eigenvalue weighted by molar-refractivity contribution is 5.86. The third kappa shape index (κ3) is 5.42. The van der Waals surface area contributed by atoms with Crippen LogP contribution in [0.2, 0.25) is 0 Å². The fraction of sp³-hybridized carbons (Fsp3) is 0.130. The highest BCUT2D eigenvalue weighted by Crippen LogP contribution is 2.08. The van der Waals surface area contributed by atoms with Gasteiger partial charge in [-0.05, 0) is 16.7 Å². The number of carbonyl (C=O) groups excluding carboxylic acids is 1. The van der Waals surface area contributed by atoms with Gasteiger partial charge in [0.1, 0.15) is 6.04 Å². The molecule has 0 aliphatic heterocycles. The first-order valence-electron chi connectivity index (χ1n) is 8.75. The lowest BCUT2D eigenvalue weighted by Crippen LogP contribution is -2.34. The van der Waals surface area contributed by atoms with Gasteiger partial charge in [-0.25, -0.2) is 0 Å². The summed E-state index contributed by atoms with van der Waals surface area (Å²) in [5.41, 5.74) is 3.16. The van der Waals surface area contributed by atoms with Crippen molar-refractivity contribution < 1.29 is 4.79 Å². The average molecular weight is 342 g/mol. The number of rotatable bonds is 7. The Labute approximate surface area is 154 Å². The van der Waals surface area contributed by atoms with Crippen LogP contribution in [0.25, 0.3) is 0 Å². The molecule has 0 radical (unpaired) electrons. The second-order valence-electron chi connectivity index (χ2n) is 6.10. The van der Waals surface area contributed by atoms with Gasteiger partial charge in [-0.1, -0.05) is 91.0 Å². The van der Waals surface area contributed by atoms with Gasteiger partial charge in [0.25, 0.3) is 0 Å². The third-order valence-corrected chi connectivity index (χ3v) is 4.09. The molecule has 0 saturated heterocycles. The maximum atomic E-state index is 12.7. The van der Waals surface area contributed by atoms with Gasteiger partial charge < -0.3 is 5.32 Å². The summed E-state index contributed by atoms with van der Waals surface area (Å²) in [5.74, 6) is -0.0649. The van der Waals surface area contributed by atoms with E-state index in [2.05, 4.69) is 10.3 Å². The SMILES string of the molecule is O=C(NCc1ccccc1)C(Cc1ccccc1)N=Cc1ccccc1. The Hall–Kier alpha value is -3.20. The molecule has 1 amide bonds. The van der Waals surface area contributed by atoms with E-state index in [9.17, 15) is 4.79 Å². The molecule has 3 rings (SSSR count). The van der Waals surface area contributed by atoms with E-state index in [1.54, 1.807) is 6.21 Å². The maximum absolute atomic E-state index is 12.7. The van der Waals surface area contributed by atoms with E-state index in [1.807, 2.05) is 91.0 Å². The van der Waals surface area contributed by atoms with E-state index >= 15 is 0 Å². The molecule has 0 aliphatic carbocycles. The molecule has 0 aromatic heterocycles. The summed E-state index contributed by atoms with van der Waals surface area (Å²) in [4.78, 5) is 17.3. The number of carbonyl (C=O) groups is 1. The van der Waals surface area contributed by atoms with Crippen molar-refractivity contribution in [1.82, 2.24) is 5.32 Å². The predicted octanol–water partition coefficient (Wildman–Crippen LogP) is 4.03. The minimum Gasteiger partial charge on any atom is -0.350 e. The predicted molar refractivity (Wildman–Crippen MR) is 106 cm³/mol. The topological polar surface area (TPSA) is 41.5 Å². The second kappa shape index (κ2) is 9.33. The number of aliphatic imine (C=N–C) groups is 1. The van der Waals surface area contributed by atoms with E-state index in [0.717, 1.165) is 16.7 Å². The summed E-state index contributed by atoms with van der Waals surface area (Å²) >= 11 is 0. The van der Waals surface area contributed by atoms with Crippen LogP contribution >= 0.6 is 0 Å². The molecule has 3 aromatic rings. The molecule has 0 fully saturated rings. The Morgan fingerprint density at radius 2 is 1.35 bits per heavy atom. The van der Waals surface area contributed by atoms with Crippen molar-refractivity contribution in [3.8, 4) is 0 Å². The number of nitrogens with one attached hydrogen (secondary N) is 1. The first kappa shape index (κ1) is 17.6. The van der Waals surface area contributed by atoms with Gasteiger partial charge >= 0.3 is 0 Å². The van der Waals surface area contributed by atoms with Gasteiger partial charge in [-0.2, -0.15) is 0 Å². The van der Waals surface area contributed by atoms with Crippen molar-refractivity contribution in [2.45, 2.75) is 19.0 Å². The van der Waals surface area contributed by atoms with E-state index in [0.29, 0.717) is 13.0 Å². The minimum atomic E-state index is -0.457. The molecule has 3 heteroatoms. The Bertz CT molecular complexity index is 830. The summed E-state index contributed by atoms with van der Waals surface area (Å²) in [7, 11) is 0. The van der Waals surface area contributed by atoms with Crippen molar-refractivity contribution >= 4 is 12.1 Å². The Morgan fingerprint density at radius 3 is 1.96 bits per heavy atom. The molecule has 3 aromatic carbocycles. The summed E-state index contributed by atoms with van der Waals surface area (Å²) in [5, 5.41) is 3.00. The molecule has 0 heterocycles. The first-order chi connectivity index (χ1) is 12.8. The highest BCUT2D eigenvalue weighted by atomic mass is 16.2. The molecule has 0 saturated carbocycles. The molecule has 0 aliphatic rings. The zero-order valence-electron chi connectivity index (χ0n) is 14.6. The van der Waals surface area contributed by atoms with Crippen LogP contribution in [0.5, 0.6) is 0 Å². The average Bonchev–Trinajstić information content (AvgIpc) is 2.71. The van der Waals surface area contributed by atoms with Crippen LogP contribution in [0, 0.1) is 0 Å². The van der Waals surface area contributed by atoms with E-state index < -0.39 is 6.04 Å².